The summed E-state index contributed by atoms with van der Waals surface area (Å²) < 4.78 is 7.03. The van der Waals surface area contributed by atoms with Crippen LogP contribution < -0.4 is 5.32 Å². The summed E-state index contributed by atoms with van der Waals surface area (Å²) in [5.74, 6) is -0.0431. The van der Waals surface area contributed by atoms with E-state index in [0.717, 1.165) is 5.56 Å². The van der Waals surface area contributed by atoms with Gasteiger partial charge in [-0.25, -0.2) is 0 Å². The van der Waals surface area contributed by atoms with E-state index in [0.29, 0.717) is 29.1 Å². The van der Waals surface area contributed by atoms with E-state index >= 15 is 0 Å². The van der Waals surface area contributed by atoms with Crippen molar-refractivity contribution >= 4 is 35.2 Å². The first-order valence-corrected chi connectivity index (χ1v) is 9.61. The zero-order valence-corrected chi connectivity index (χ0v) is 16.4. The van der Waals surface area contributed by atoms with E-state index in [-0.39, 0.29) is 11.7 Å². The minimum Gasteiger partial charge on any atom is -0.452 e. The highest BCUT2D eigenvalue weighted by atomic mass is 35.5. The summed E-state index contributed by atoms with van der Waals surface area (Å²) >= 11 is 7.14. The van der Waals surface area contributed by atoms with Crippen molar-refractivity contribution < 1.29 is 14.3 Å². The van der Waals surface area contributed by atoms with Crippen molar-refractivity contribution in [2.45, 2.75) is 38.6 Å². The van der Waals surface area contributed by atoms with E-state index in [1.54, 1.807) is 26.0 Å². The summed E-state index contributed by atoms with van der Waals surface area (Å²) in [5.41, 5.74) is 0.892. The molecule has 0 saturated heterocycles. The molecular weight excluding hydrogens is 376 g/mol. The molecule has 7 nitrogen and oxygen atoms in total. The Morgan fingerprint density at radius 2 is 1.96 bits per heavy atom. The molecule has 26 heavy (non-hydrogen) atoms. The van der Waals surface area contributed by atoms with Gasteiger partial charge >= 0.3 is 5.97 Å². The smallest absolute Gasteiger partial charge is 0.317 e. The van der Waals surface area contributed by atoms with Gasteiger partial charge in [-0.1, -0.05) is 23.4 Å². The molecule has 0 spiro atoms. The number of nitrogens with one attached hydrogen (secondary N) is 1. The van der Waals surface area contributed by atoms with Gasteiger partial charge in [0.15, 0.2) is 17.1 Å². The summed E-state index contributed by atoms with van der Waals surface area (Å²) in [7, 11) is 0. The standard InChI is InChI=1S/C17H21ClN4O3S/c1-4-19-16(24)11(3)25-14(23)10-26-17-21-20-15(22(17)5-2)12-6-8-13(18)9-7-12/h6-9,11H,4-5,10H2,1-3H3,(H,19,24)/t11-/m0/s1. The number of aromatic nitrogens is 3. The van der Waals surface area contributed by atoms with Gasteiger partial charge in [0.25, 0.3) is 5.91 Å². The quantitative estimate of drug-likeness (QED) is 0.545. The van der Waals surface area contributed by atoms with Gasteiger partial charge in [0.1, 0.15) is 0 Å². The first-order chi connectivity index (χ1) is 12.5. The van der Waals surface area contributed by atoms with Crippen LogP contribution in [0.1, 0.15) is 20.8 Å². The molecule has 0 aliphatic heterocycles. The number of nitrogens with zero attached hydrogens (tertiary/aromatic N) is 3. The number of esters is 1. The van der Waals surface area contributed by atoms with Crippen molar-refractivity contribution in [3.8, 4) is 11.4 Å². The zero-order chi connectivity index (χ0) is 19.1. The fraction of sp³-hybridized carbons (Fsp3) is 0.412. The number of halogens is 1. The number of likely N-dealkylation sites (N-methyl/N-ethyl adjacent to an activating group) is 1. The molecule has 2 aromatic rings. The van der Waals surface area contributed by atoms with Crippen molar-refractivity contribution in [3.63, 3.8) is 0 Å². The molecule has 1 atom stereocenters. The van der Waals surface area contributed by atoms with Crippen LogP contribution in [0.25, 0.3) is 11.4 Å². The van der Waals surface area contributed by atoms with Crippen LogP contribution in [-0.2, 0) is 20.9 Å². The van der Waals surface area contributed by atoms with E-state index in [1.807, 2.05) is 23.6 Å². The lowest BCUT2D eigenvalue weighted by atomic mass is 10.2. The van der Waals surface area contributed by atoms with E-state index in [4.69, 9.17) is 16.3 Å². The molecule has 0 aliphatic rings. The Labute approximate surface area is 161 Å². The largest absolute Gasteiger partial charge is 0.452 e. The number of hydrogen-bond acceptors (Lipinski definition) is 6. The number of ether oxygens (including phenoxy) is 1. The second kappa shape index (κ2) is 9.59. The zero-order valence-electron chi connectivity index (χ0n) is 14.9. The van der Waals surface area contributed by atoms with E-state index < -0.39 is 12.1 Å². The summed E-state index contributed by atoms with van der Waals surface area (Å²) in [5, 5.41) is 12.2. The molecule has 1 amide bonds. The molecule has 0 radical (unpaired) electrons. The van der Waals surface area contributed by atoms with Crippen LogP contribution in [0, 0.1) is 0 Å². The van der Waals surface area contributed by atoms with Crippen LogP contribution >= 0.6 is 23.4 Å². The number of benzene rings is 1. The van der Waals surface area contributed by atoms with Crippen molar-refractivity contribution in [2.24, 2.45) is 0 Å². The molecule has 140 valence electrons. The van der Waals surface area contributed by atoms with Crippen LogP contribution in [0.5, 0.6) is 0 Å². The molecule has 1 aromatic heterocycles. The Hall–Kier alpha value is -2.06. The van der Waals surface area contributed by atoms with Gasteiger partial charge in [-0.2, -0.15) is 0 Å². The van der Waals surface area contributed by atoms with Gasteiger partial charge in [0, 0.05) is 23.7 Å². The van der Waals surface area contributed by atoms with Crippen molar-refractivity contribution in [1.82, 2.24) is 20.1 Å². The number of amides is 1. The normalized spacial score (nSPS) is 11.8. The van der Waals surface area contributed by atoms with Crippen LogP contribution in [0.2, 0.25) is 5.02 Å². The first-order valence-electron chi connectivity index (χ1n) is 8.25. The van der Waals surface area contributed by atoms with Crippen molar-refractivity contribution in [2.75, 3.05) is 12.3 Å². The fourth-order valence-corrected chi connectivity index (χ4v) is 3.13. The van der Waals surface area contributed by atoms with Gasteiger partial charge in [-0.3, -0.25) is 9.59 Å². The minimum atomic E-state index is -0.822. The molecule has 1 aromatic carbocycles. The third-order valence-electron chi connectivity index (χ3n) is 3.48. The van der Waals surface area contributed by atoms with Crippen molar-refractivity contribution in [1.29, 1.82) is 0 Å². The van der Waals surface area contributed by atoms with Crippen LogP contribution in [0.15, 0.2) is 29.4 Å². The lowest BCUT2D eigenvalue weighted by Crippen LogP contribution is -2.35. The molecule has 0 saturated carbocycles. The Kier molecular flexibility index (Phi) is 7.47. The number of hydrogen-bond donors (Lipinski definition) is 1. The topological polar surface area (TPSA) is 86.1 Å². The fourth-order valence-electron chi connectivity index (χ4n) is 2.22. The lowest BCUT2D eigenvalue weighted by molar-refractivity contribution is -0.152. The highest BCUT2D eigenvalue weighted by molar-refractivity contribution is 7.99. The summed E-state index contributed by atoms with van der Waals surface area (Å²) in [6, 6.07) is 7.32. The number of carbonyl (C=O) groups is 2. The summed E-state index contributed by atoms with van der Waals surface area (Å²) in [4.78, 5) is 23.6. The Balaban J connectivity index is 2.01. The first kappa shape index (κ1) is 20.3. The SMILES string of the molecule is CCNC(=O)[C@H](C)OC(=O)CSc1nnc(-c2ccc(Cl)cc2)n1CC. The Morgan fingerprint density at radius 3 is 2.58 bits per heavy atom. The second-order valence-electron chi connectivity index (χ2n) is 5.37. The Bertz CT molecular complexity index is 764. The maximum absolute atomic E-state index is 12.0. The van der Waals surface area contributed by atoms with Crippen LogP contribution in [0.4, 0.5) is 0 Å². The molecule has 0 fully saturated rings. The molecule has 1 N–H and O–H groups in total. The Morgan fingerprint density at radius 1 is 1.27 bits per heavy atom. The number of thioether (sulfide) groups is 1. The average Bonchev–Trinajstić information content (AvgIpc) is 3.03. The monoisotopic (exact) mass is 396 g/mol. The predicted octanol–water partition coefficient (Wildman–Crippen LogP) is 2.78. The molecule has 1 heterocycles. The van der Waals surface area contributed by atoms with E-state index in [9.17, 15) is 9.59 Å². The maximum Gasteiger partial charge on any atom is 0.317 e. The summed E-state index contributed by atoms with van der Waals surface area (Å²) in [6.07, 6.45) is -0.822. The average molecular weight is 397 g/mol. The molecule has 0 unspecified atom stereocenters. The van der Waals surface area contributed by atoms with Gasteiger partial charge in [-0.15, -0.1) is 10.2 Å². The highest BCUT2D eigenvalue weighted by Crippen LogP contribution is 2.25. The molecule has 0 bridgehead atoms. The van der Waals surface area contributed by atoms with Gasteiger partial charge in [0.2, 0.25) is 0 Å². The number of carbonyl (C=O) groups excluding carboxylic acids is 2. The van der Waals surface area contributed by atoms with Gasteiger partial charge in [-0.05, 0) is 45.0 Å². The third kappa shape index (κ3) is 5.22. The third-order valence-corrected chi connectivity index (χ3v) is 4.68. The van der Waals surface area contributed by atoms with E-state index in [1.165, 1.54) is 11.8 Å². The molecule has 2 rings (SSSR count). The van der Waals surface area contributed by atoms with Gasteiger partial charge < -0.3 is 14.6 Å². The van der Waals surface area contributed by atoms with Crippen LogP contribution in [0.3, 0.4) is 0 Å². The lowest BCUT2D eigenvalue weighted by Gasteiger charge is -2.12. The predicted molar refractivity (Wildman–Crippen MR) is 101 cm³/mol. The molecular formula is C17H21ClN4O3S. The molecule has 9 heteroatoms. The van der Waals surface area contributed by atoms with E-state index in [2.05, 4.69) is 15.5 Å². The van der Waals surface area contributed by atoms with Gasteiger partial charge in [0.05, 0.1) is 5.75 Å². The summed E-state index contributed by atoms with van der Waals surface area (Å²) in [6.45, 7) is 6.46. The number of rotatable bonds is 8. The maximum atomic E-state index is 12.0. The van der Waals surface area contributed by atoms with Crippen LogP contribution in [-0.4, -0.2) is 45.0 Å². The second-order valence-corrected chi connectivity index (χ2v) is 6.75. The molecule has 0 aliphatic carbocycles. The van der Waals surface area contributed by atoms with Crippen molar-refractivity contribution in [3.05, 3.63) is 29.3 Å². The highest BCUT2D eigenvalue weighted by Gasteiger charge is 2.19. The minimum absolute atomic E-state index is 0.0441.